The van der Waals surface area contributed by atoms with Gasteiger partial charge in [0.1, 0.15) is 11.6 Å². The van der Waals surface area contributed by atoms with Crippen LogP contribution in [0.25, 0.3) is 0 Å². The summed E-state index contributed by atoms with van der Waals surface area (Å²) in [5, 5.41) is 2.94. The fourth-order valence-corrected chi connectivity index (χ4v) is 3.12. The van der Waals surface area contributed by atoms with Crippen LogP contribution in [-0.4, -0.2) is 55.2 Å². The second-order valence-corrected chi connectivity index (χ2v) is 6.59. The van der Waals surface area contributed by atoms with E-state index in [2.05, 4.69) is 10.2 Å². The third-order valence-electron chi connectivity index (χ3n) is 4.71. The van der Waals surface area contributed by atoms with Gasteiger partial charge in [0.05, 0.1) is 6.61 Å². The first kappa shape index (κ1) is 19.2. The quantitative estimate of drug-likeness (QED) is 0.844. The summed E-state index contributed by atoms with van der Waals surface area (Å²) in [6, 6.07) is 14.0. The number of carbonyl (C=O) groups is 1. The van der Waals surface area contributed by atoms with E-state index in [9.17, 15) is 9.18 Å². The smallest absolute Gasteiger partial charge is 0.321 e. The molecule has 1 fully saturated rings. The molecule has 27 heavy (non-hydrogen) atoms. The number of halogens is 1. The van der Waals surface area contributed by atoms with Crippen LogP contribution in [0, 0.1) is 5.82 Å². The van der Waals surface area contributed by atoms with Crippen molar-refractivity contribution in [3.8, 4) is 5.75 Å². The molecule has 1 heterocycles. The first-order chi connectivity index (χ1) is 13.1. The largest absolute Gasteiger partial charge is 0.494 e. The van der Waals surface area contributed by atoms with E-state index in [1.807, 2.05) is 48.2 Å². The number of anilines is 1. The van der Waals surface area contributed by atoms with Crippen LogP contribution in [0.3, 0.4) is 0 Å². The molecule has 0 spiro atoms. The van der Waals surface area contributed by atoms with Crippen molar-refractivity contribution in [3.63, 3.8) is 0 Å². The number of carbonyl (C=O) groups excluding carboxylic acids is 1. The molecule has 0 aliphatic carbocycles. The molecule has 1 N–H and O–H groups in total. The molecule has 0 bridgehead atoms. The van der Waals surface area contributed by atoms with Crippen molar-refractivity contribution in [1.82, 2.24) is 9.80 Å². The van der Waals surface area contributed by atoms with Crippen LogP contribution in [0.15, 0.2) is 48.5 Å². The van der Waals surface area contributed by atoms with Gasteiger partial charge in [0.15, 0.2) is 0 Å². The Labute approximate surface area is 159 Å². The summed E-state index contributed by atoms with van der Waals surface area (Å²) in [7, 11) is 0. The van der Waals surface area contributed by atoms with E-state index in [1.54, 1.807) is 0 Å². The molecule has 0 unspecified atom stereocenters. The molecule has 2 aromatic rings. The van der Waals surface area contributed by atoms with Gasteiger partial charge in [0.2, 0.25) is 0 Å². The number of amides is 2. The van der Waals surface area contributed by atoms with Crippen LogP contribution in [0.5, 0.6) is 5.75 Å². The lowest BCUT2D eigenvalue weighted by molar-refractivity contribution is 0.148. The zero-order valence-electron chi connectivity index (χ0n) is 15.7. The standard InChI is InChI=1S/C21H26FN3O2/c1-2-27-20-9-7-19(8-10-20)23-21(26)25-15-13-24(14-16-25)12-11-17-3-5-18(22)6-4-17/h3-10H,2,11-16H2,1H3,(H,23,26). The van der Waals surface area contributed by atoms with Crippen molar-refractivity contribution in [1.29, 1.82) is 0 Å². The first-order valence-electron chi connectivity index (χ1n) is 9.39. The average molecular weight is 371 g/mol. The maximum Gasteiger partial charge on any atom is 0.321 e. The van der Waals surface area contributed by atoms with Gasteiger partial charge < -0.3 is 15.0 Å². The Morgan fingerprint density at radius 1 is 1.04 bits per heavy atom. The number of piperazine rings is 1. The summed E-state index contributed by atoms with van der Waals surface area (Å²) < 4.78 is 18.4. The van der Waals surface area contributed by atoms with E-state index in [1.165, 1.54) is 12.1 Å². The van der Waals surface area contributed by atoms with Gasteiger partial charge in [-0.1, -0.05) is 12.1 Å². The maximum absolute atomic E-state index is 13.0. The number of hydrogen-bond donors (Lipinski definition) is 1. The van der Waals surface area contributed by atoms with Gasteiger partial charge in [-0.05, 0) is 55.3 Å². The Balaban J connectivity index is 1.41. The minimum atomic E-state index is -0.203. The van der Waals surface area contributed by atoms with Crippen molar-refractivity contribution >= 4 is 11.7 Å². The van der Waals surface area contributed by atoms with E-state index in [4.69, 9.17) is 4.74 Å². The normalized spacial score (nSPS) is 14.8. The zero-order valence-corrected chi connectivity index (χ0v) is 15.7. The molecule has 144 valence electrons. The Hall–Kier alpha value is -2.60. The number of urea groups is 1. The Kier molecular flexibility index (Phi) is 6.65. The minimum Gasteiger partial charge on any atom is -0.494 e. The van der Waals surface area contributed by atoms with E-state index in [0.717, 1.165) is 43.1 Å². The molecule has 1 saturated heterocycles. The van der Waals surface area contributed by atoms with Crippen LogP contribution >= 0.6 is 0 Å². The predicted molar refractivity (Wildman–Crippen MR) is 105 cm³/mol. The molecule has 2 aromatic carbocycles. The highest BCUT2D eigenvalue weighted by molar-refractivity contribution is 5.89. The fourth-order valence-electron chi connectivity index (χ4n) is 3.12. The summed E-state index contributed by atoms with van der Waals surface area (Å²) >= 11 is 0. The first-order valence-corrected chi connectivity index (χ1v) is 9.39. The highest BCUT2D eigenvalue weighted by atomic mass is 19.1. The highest BCUT2D eigenvalue weighted by Crippen LogP contribution is 2.16. The zero-order chi connectivity index (χ0) is 19.1. The van der Waals surface area contributed by atoms with Gasteiger partial charge in [0, 0.05) is 38.4 Å². The van der Waals surface area contributed by atoms with Gasteiger partial charge in [-0.25, -0.2) is 9.18 Å². The number of nitrogens with zero attached hydrogens (tertiary/aromatic N) is 2. The van der Waals surface area contributed by atoms with Gasteiger partial charge in [0.25, 0.3) is 0 Å². The maximum atomic E-state index is 13.0. The van der Waals surface area contributed by atoms with Crippen LogP contribution in [-0.2, 0) is 6.42 Å². The molecule has 2 amide bonds. The van der Waals surface area contributed by atoms with Crippen molar-refractivity contribution in [2.24, 2.45) is 0 Å². The Morgan fingerprint density at radius 2 is 1.70 bits per heavy atom. The number of nitrogens with one attached hydrogen (secondary N) is 1. The Morgan fingerprint density at radius 3 is 2.33 bits per heavy atom. The van der Waals surface area contributed by atoms with Gasteiger partial charge in [-0.15, -0.1) is 0 Å². The van der Waals surface area contributed by atoms with Gasteiger partial charge in [-0.2, -0.15) is 0 Å². The van der Waals surface area contributed by atoms with Crippen LogP contribution < -0.4 is 10.1 Å². The van der Waals surface area contributed by atoms with Crippen molar-refractivity contribution in [2.75, 3.05) is 44.6 Å². The third-order valence-corrected chi connectivity index (χ3v) is 4.71. The second kappa shape index (κ2) is 9.37. The van der Waals surface area contributed by atoms with Gasteiger partial charge >= 0.3 is 6.03 Å². The third kappa shape index (κ3) is 5.69. The van der Waals surface area contributed by atoms with E-state index < -0.39 is 0 Å². The van der Waals surface area contributed by atoms with E-state index in [-0.39, 0.29) is 11.8 Å². The molecular weight excluding hydrogens is 345 g/mol. The van der Waals surface area contributed by atoms with Crippen molar-refractivity contribution < 1.29 is 13.9 Å². The lowest BCUT2D eigenvalue weighted by Gasteiger charge is -2.34. The molecule has 3 rings (SSSR count). The van der Waals surface area contributed by atoms with E-state index in [0.29, 0.717) is 19.7 Å². The molecule has 5 nitrogen and oxygen atoms in total. The predicted octanol–water partition coefficient (Wildman–Crippen LogP) is 3.62. The van der Waals surface area contributed by atoms with Gasteiger partial charge in [-0.3, -0.25) is 4.90 Å². The highest BCUT2D eigenvalue weighted by Gasteiger charge is 2.20. The lowest BCUT2D eigenvalue weighted by Crippen LogP contribution is -2.50. The molecule has 0 aromatic heterocycles. The lowest BCUT2D eigenvalue weighted by atomic mass is 10.1. The van der Waals surface area contributed by atoms with Crippen molar-refractivity contribution in [3.05, 3.63) is 59.9 Å². The summed E-state index contributed by atoms with van der Waals surface area (Å²) in [5.41, 5.74) is 1.90. The van der Waals surface area contributed by atoms with Crippen LogP contribution in [0.2, 0.25) is 0 Å². The number of rotatable bonds is 6. The second-order valence-electron chi connectivity index (χ2n) is 6.59. The molecule has 1 aliphatic heterocycles. The van der Waals surface area contributed by atoms with Crippen LogP contribution in [0.1, 0.15) is 12.5 Å². The minimum absolute atomic E-state index is 0.0719. The number of hydrogen-bond acceptors (Lipinski definition) is 3. The number of ether oxygens (including phenoxy) is 1. The summed E-state index contributed by atoms with van der Waals surface area (Å²) in [4.78, 5) is 16.6. The summed E-state index contributed by atoms with van der Waals surface area (Å²) in [6.45, 7) is 6.57. The topological polar surface area (TPSA) is 44.8 Å². The number of benzene rings is 2. The molecule has 1 aliphatic rings. The monoisotopic (exact) mass is 371 g/mol. The molecule has 0 saturated carbocycles. The molecular formula is C21H26FN3O2. The average Bonchev–Trinajstić information content (AvgIpc) is 2.70. The fraction of sp³-hybridized carbons (Fsp3) is 0.381. The Bertz CT molecular complexity index is 726. The summed E-state index contributed by atoms with van der Waals surface area (Å²) in [5.74, 6) is 0.594. The van der Waals surface area contributed by atoms with Crippen LogP contribution in [0.4, 0.5) is 14.9 Å². The molecule has 0 atom stereocenters. The SMILES string of the molecule is CCOc1ccc(NC(=O)N2CCN(CCc3ccc(F)cc3)CC2)cc1. The van der Waals surface area contributed by atoms with Crippen molar-refractivity contribution in [2.45, 2.75) is 13.3 Å². The molecule has 6 heteroatoms. The summed E-state index contributed by atoms with van der Waals surface area (Å²) in [6.07, 6.45) is 0.888. The molecule has 0 radical (unpaired) electrons. The van der Waals surface area contributed by atoms with E-state index >= 15 is 0 Å².